The van der Waals surface area contributed by atoms with Crippen molar-refractivity contribution in [2.75, 3.05) is 6.54 Å². The van der Waals surface area contributed by atoms with Crippen molar-refractivity contribution in [2.45, 2.75) is 45.7 Å². The van der Waals surface area contributed by atoms with Crippen LogP contribution in [0.3, 0.4) is 0 Å². The van der Waals surface area contributed by atoms with Gasteiger partial charge in [-0.25, -0.2) is 4.98 Å². The Labute approximate surface area is 121 Å². The number of rotatable bonds is 5. The first-order chi connectivity index (χ1) is 9.81. The summed E-state index contributed by atoms with van der Waals surface area (Å²) in [6.45, 7) is 6.37. The number of nitrogens with one attached hydrogen (secondary N) is 1. The minimum absolute atomic E-state index is 0.557. The summed E-state index contributed by atoms with van der Waals surface area (Å²) in [5.74, 6) is 1.16. The molecule has 2 aromatic rings. The highest BCUT2D eigenvalue weighted by molar-refractivity contribution is 5.38. The maximum Gasteiger partial charge on any atom is 0.113 e. The maximum atomic E-state index is 4.47. The largest absolute Gasteiger partial charge is 0.335 e. The molecule has 1 aromatic carbocycles. The van der Waals surface area contributed by atoms with E-state index in [2.05, 4.69) is 53.1 Å². The average molecular weight is 269 g/mol. The van der Waals surface area contributed by atoms with Gasteiger partial charge in [-0.1, -0.05) is 25.1 Å². The van der Waals surface area contributed by atoms with Gasteiger partial charge in [0.1, 0.15) is 5.82 Å². The number of benzene rings is 1. The van der Waals surface area contributed by atoms with Crippen LogP contribution in [-0.2, 0) is 19.4 Å². The van der Waals surface area contributed by atoms with Gasteiger partial charge in [0.25, 0.3) is 0 Å². The molecular formula is C17H23N3. The van der Waals surface area contributed by atoms with E-state index in [-0.39, 0.29) is 0 Å². The first-order valence-electron chi connectivity index (χ1n) is 7.67. The minimum Gasteiger partial charge on any atom is -0.335 e. The number of fused-ring (bicyclic) bond motifs is 1. The lowest BCUT2D eigenvalue weighted by atomic mass is 10.0. The molecule has 0 fully saturated rings. The number of hydrogen-bond acceptors (Lipinski definition) is 2. The van der Waals surface area contributed by atoms with Crippen molar-refractivity contribution in [1.82, 2.24) is 14.9 Å². The number of aryl methyl sites for hydroxylation is 2. The summed E-state index contributed by atoms with van der Waals surface area (Å²) in [5.41, 5.74) is 4.39. The maximum absolute atomic E-state index is 4.47. The van der Waals surface area contributed by atoms with Crippen molar-refractivity contribution in [2.24, 2.45) is 0 Å². The fourth-order valence-corrected chi connectivity index (χ4v) is 3.22. The van der Waals surface area contributed by atoms with Gasteiger partial charge in [-0.2, -0.15) is 0 Å². The molecule has 0 aliphatic heterocycles. The molecule has 1 N–H and O–H groups in total. The van der Waals surface area contributed by atoms with E-state index in [0.717, 1.165) is 25.3 Å². The summed E-state index contributed by atoms with van der Waals surface area (Å²) in [6.07, 6.45) is 7.32. The zero-order valence-corrected chi connectivity index (χ0v) is 12.4. The number of imidazole rings is 1. The molecule has 0 radical (unpaired) electrons. The SMILES string of the molecule is CCNC1CCc2cc(Cc3nccn3CC)ccc21. The molecule has 3 rings (SSSR count). The molecule has 0 bridgehead atoms. The zero-order valence-electron chi connectivity index (χ0n) is 12.4. The smallest absolute Gasteiger partial charge is 0.113 e. The van der Waals surface area contributed by atoms with Crippen LogP contribution < -0.4 is 5.32 Å². The molecular weight excluding hydrogens is 246 g/mol. The third-order valence-electron chi connectivity index (χ3n) is 4.24. The molecule has 0 spiro atoms. The van der Waals surface area contributed by atoms with Crippen LogP contribution >= 0.6 is 0 Å². The predicted molar refractivity (Wildman–Crippen MR) is 81.9 cm³/mol. The van der Waals surface area contributed by atoms with Crippen LogP contribution in [0.4, 0.5) is 0 Å². The normalized spacial score (nSPS) is 17.4. The molecule has 1 aliphatic carbocycles. The predicted octanol–water partition coefficient (Wildman–Crippen LogP) is 3.09. The Morgan fingerprint density at radius 1 is 1.35 bits per heavy atom. The van der Waals surface area contributed by atoms with Crippen molar-refractivity contribution < 1.29 is 0 Å². The lowest BCUT2D eigenvalue weighted by Gasteiger charge is -2.13. The quantitative estimate of drug-likeness (QED) is 0.904. The van der Waals surface area contributed by atoms with Gasteiger partial charge in [0.05, 0.1) is 0 Å². The molecule has 0 saturated heterocycles. The third-order valence-corrected chi connectivity index (χ3v) is 4.24. The van der Waals surface area contributed by atoms with E-state index in [1.165, 1.54) is 29.5 Å². The van der Waals surface area contributed by atoms with E-state index in [0.29, 0.717) is 6.04 Å². The van der Waals surface area contributed by atoms with Crippen molar-refractivity contribution in [3.05, 3.63) is 53.1 Å². The highest BCUT2D eigenvalue weighted by Gasteiger charge is 2.21. The van der Waals surface area contributed by atoms with Crippen LogP contribution in [0.25, 0.3) is 0 Å². The minimum atomic E-state index is 0.557. The van der Waals surface area contributed by atoms with Crippen molar-refractivity contribution in [3.63, 3.8) is 0 Å². The summed E-state index contributed by atoms with van der Waals surface area (Å²) in [5, 5.41) is 3.57. The third kappa shape index (κ3) is 2.50. The molecule has 20 heavy (non-hydrogen) atoms. The van der Waals surface area contributed by atoms with Crippen molar-refractivity contribution in [3.8, 4) is 0 Å². The second-order valence-electron chi connectivity index (χ2n) is 5.49. The van der Waals surface area contributed by atoms with E-state index in [1.807, 2.05) is 6.20 Å². The standard InChI is InChI=1S/C17H23N3/c1-3-18-16-8-6-14-11-13(5-7-15(14)16)12-17-19-9-10-20(17)4-2/h5,7,9-11,16,18H,3-4,6,8,12H2,1-2H3. The van der Waals surface area contributed by atoms with Gasteiger partial charge in [-0.15, -0.1) is 0 Å². The Bertz CT molecular complexity index is 586. The van der Waals surface area contributed by atoms with Crippen molar-refractivity contribution in [1.29, 1.82) is 0 Å². The molecule has 1 aromatic heterocycles. The van der Waals surface area contributed by atoms with Crippen LogP contribution in [0, 0.1) is 0 Å². The van der Waals surface area contributed by atoms with E-state index in [1.54, 1.807) is 0 Å². The van der Waals surface area contributed by atoms with E-state index >= 15 is 0 Å². The van der Waals surface area contributed by atoms with Gasteiger partial charge in [0.15, 0.2) is 0 Å². The van der Waals surface area contributed by atoms with Crippen LogP contribution in [0.2, 0.25) is 0 Å². The van der Waals surface area contributed by atoms with Crippen LogP contribution in [-0.4, -0.2) is 16.1 Å². The van der Waals surface area contributed by atoms with Gasteiger partial charge >= 0.3 is 0 Å². The Morgan fingerprint density at radius 3 is 3.05 bits per heavy atom. The van der Waals surface area contributed by atoms with Crippen LogP contribution in [0.15, 0.2) is 30.6 Å². The van der Waals surface area contributed by atoms with Crippen LogP contribution in [0.5, 0.6) is 0 Å². The van der Waals surface area contributed by atoms with E-state index in [4.69, 9.17) is 0 Å². The molecule has 3 nitrogen and oxygen atoms in total. The Balaban J connectivity index is 1.80. The molecule has 1 unspecified atom stereocenters. The van der Waals surface area contributed by atoms with Gasteiger partial charge in [0, 0.05) is 31.4 Å². The number of nitrogens with zero attached hydrogens (tertiary/aromatic N) is 2. The first-order valence-corrected chi connectivity index (χ1v) is 7.67. The summed E-state index contributed by atoms with van der Waals surface area (Å²) in [7, 11) is 0. The zero-order chi connectivity index (χ0) is 13.9. The van der Waals surface area contributed by atoms with Gasteiger partial charge in [0.2, 0.25) is 0 Å². The molecule has 0 saturated carbocycles. The topological polar surface area (TPSA) is 29.9 Å². The lowest BCUT2D eigenvalue weighted by Crippen LogP contribution is -2.18. The summed E-state index contributed by atoms with van der Waals surface area (Å²) >= 11 is 0. The fourth-order valence-electron chi connectivity index (χ4n) is 3.22. The highest BCUT2D eigenvalue weighted by atomic mass is 15.0. The summed E-state index contributed by atoms with van der Waals surface area (Å²) in [4.78, 5) is 4.47. The molecule has 3 heteroatoms. The molecule has 1 atom stereocenters. The average Bonchev–Trinajstić information content (AvgIpc) is 3.06. The second kappa shape index (κ2) is 5.80. The first kappa shape index (κ1) is 13.4. The van der Waals surface area contributed by atoms with Gasteiger partial charge in [-0.3, -0.25) is 0 Å². The Morgan fingerprint density at radius 2 is 2.25 bits per heavy atom. The number of hydrogen-bond donors (Lipinski definition) is 1. The van der Waals surface area contributed by atoms with Gasteiger partial charge in [-0.05, 0) is 43.0 Å². The fraction of sp³-hybridized carbons (Fsp3) is 0.471. The molecule has 0 amide bonds. The summed E-state index contributed by atoms with van der Waals surface area (Å²) in [6, 6.07) is 7.51. The highest BCUT2D eigenvalue weighted by Crippen LogP contribution is 2.31. The van der Waals surface area contributed by atoms with E-state index in [9.17, 15) is 0 Å². The molecule has 106 valence electrons. The molecule has 1 aliphatic rings. The lowest BCUT2D eigenvalue weighted by molar-refractivity contribution is 0.549. The second-order valence-corrected chi connectivity index (χ2v) is 5.49. The number of aromatic nitrogens is 2. The Kier molecular flexibility index (Phi) is 3.88. The monoisotopic (exact) mass is 269 g/mol. The van der Waals surface area contributed by atoms with Gasteiger partial charge < -0.3 is 9.88 Å². The van der Waals surface area contributed by atoms with E-state index < -0.39 is 0 Å². The van der Waals surface area contributed by atoms with Crippen molar-refractivity contribution >= 4 is 0 Å². The molecule has 1 heterocycles. The Hall–Kier alpha value is -1.61. The summed E-state index contributed by atoms with van der Waals surface area (Å²) < 4.78 is 2.22. The van der Waals surface area contributed by atoms with Crippen LogP contribution in [0.1, 0.15) is 48.8 Å².